The maximum atomic E-state index is 5.76. The Hall–Kier alpha value is -1.33. The summed E-state index contributed by atoms with van der Waals surface area (Å²) in [6, 6.07) is 8.23. The first-order chi connectivity index (χ1) is 9.08. The van der Waals surface area contributed by atoms with Crippen molar-refractivity contribution in [3.05, 3.63) is 41.4 Å². The zero-order valence-corrected chi connectivity index (χ0v) is 12.4. The van der Waals surface area contributed by atoms with Crippen molar-refractivity contribution in [2.45, 2.75) is 24.9 Å². The summed E-state index contributed by atoms with van der Waals surface area (Å²) in [5.41, 5.74) is 2.23. The third-order valence-corrected chi connectivity index (χ3v) is 3.90. The Morgan fingerprint density at radius 3 is 2.63 bits per heavy atom. The number of hydrogen-bond donors (Lipinski definition) is 0. The van der Waals surface area contributed by atoms with Crippen LogP contribution in [0, 0.1) is 0 Å². The van der Waals surface area contributed by atoms with E-state index in [0.29, 0.717) is 21.9 Å². The molecule has 0 aliphatic heterocycles. The fourth-order valence-electron chi connectivity index (χ4n) is 1.57. The molecule has 0 spiro atoms. The van der Waals surface area contributed by atoms with Gasteiger partial charge in [0.1, 0.15) is 0 Å². The number of aromatic nitrogens is 4. The minimum atomic E-state index is 0.510. The largest absolute Gasteiger partial charge is 0.214 e. The lowest BCUT2D eigenvalue weighted by atomic mass is 10.0. The van der Waals surface area contributed by atoms with Gasteiger partial charge < -0.3 is 0 Å². The second-order valence-corrected chi connectivity index (χ2v) is 5.90. The molecule has 0 unspecified atom stereocenters. The van der Waals surface area contributed by atoms with E-state index in [4.69, 9.17) is 11.6 Å². The molecule has 0 atom stereocenters. The molecule has 0 aliphatic carbocycles. The monoisotopic (exact) mass is 294 g/mol. The molecular formula is C13H15ClN4S. The number of halogens is 1. The molecule has 0 radical (unpaired) electrons. The Morgan fingerprint density at radius 1 is 1.37 bits per heavy atom. The van der Waals surface area contributed by atoms with Gasteiger partial charge in [0.2, 0.25) is 5.16 Å². The summed E-state index contributed by atoms with van der Waals surface area (Å²) >= 11 is 7.22. The number of thioether (sulfide) groups is 1. The van der Waals surface area contributed by atoms with Gasteiger partial charge in [0.15, 0.2) is 0 Å². The van der Waals surface area contributed by atoms with Crippen molar-refractivity contribution in [2.24, 2.45) is 0 Å². The second kappa shape index (κ2) is 6.21. The summed E-state index contributed by atoms with van der Waals surface area (Å²) in [4.78, 5) is 0. The lowest BCUT2D eigenvalue weighted by Crippen LogP contribution is -2.00. The van der Waals surface area contributed by atoms with Crippen LogP contribution in [0.5, 0.6) is 0 Å². The van der Waals surface area contributed by atoms with E-state index >= 15 is 0 Å². The average molecular weight is 295 g/mol. The van der Waals surface area contributed by atoms with Crippen molar-refractivity contribution in [3.63, 3.8) is 0 Å². The minimum Gasteiger partial charge on any atom is -0.188 e. The topological polar surface area (TPSA) is 43.6 Å². The van der Waals surface area contributed by atoms with Crippen LogP contribution in [-0.2, 0) is 0 Å². The minimum absolute atomic E-state index is 0.510. The van der Waals surface area contributed by atoms with Crippen LogP contribution in [0.15, 0.2) is 41.0 Å². The van der Waals surface area contributed by atoms with Gasteiger partial charge in [-0.15, -0.1) is 5.10 Å². The van der Waals surface area contributed by atoms with Gasteiger partial charge in [-0.1, -0.05) is 55.9 Å². The molecular weight excluding hydrogens is 280 g/mol. The van der Waals surface area contributed by atoms with Crippen molar-refractivity contribution in [1.82, 2.24) is 20.2 Å². The Balaban J connectivity index is 2.22. The van der Waals surface area contributed by atoms with Crippen LogP contribution in [0.4, 0.5) is 0 Å². The standard InChI is InChI=1S/C13H15ClN4S/c1-9(2)11-4-6-12(7-5-11)18-13(15-16-17-18)19-8-10(3)14/h4-7,9H,3,8H2,1-2H3. The molecule has 0 aliphatic rings. The van der Waals surface area contributed by atoms with E-state index in [-0.39, 0.29) is 0 Å². The third-order valence-electron chi connectivity index (χ3n) is 2.60. The molecule has 0 saturated heterocycles. The van der Waals surface area contributed by atoms with Gasteiger partial charge in [0.05, 0.1) is 5.69 Å². The van der Waals surface area contributed by atoms with Crippen LogP contribution in [0.3, 0.4) is 0 Å². The Labute approximate surface area is 121 Å². The molecule has 2 aromatic rings. The van der Waals surface area contributed by atoms with Gasteiger partial charge in [0, 0.05) is 10.8 Å². The molecule has 1 aromatic heterocycles. The summed E-state index contributed by atoms with van der Waals surface area (Å²) in [6.45, 7) is 7.99. The first-order valence-corrected chi connectivity index (χ1v) is 7.29. The fraction of sp³-hybridized carbons (Fsp3) is 0.308. The zero-order chi connectivity index (χ0) is 13.8. The van der Waals surface area contributed by atoms with E-state index < -0.39 is 0 Å². The predicted molar refractivity (Wildman–Crippen MR) is 79.0 cm³/mol. The summed E-state index contributed by atoms with van der Waals surface area (Å²) < 4.78 is 1.70. The van der Waals surface area contributed by atoms with Crippen LogP contribution in [0.2, 0.25) is 0 Å². The van der Waals surface area contributed by atoms with E-state index in [1.807, 2.05) is 12.1 Å². The number of benzene rings is 1. The Bertz CT molecular complexity index is 562. The van der Waals surface area contributed by atoms with Crippen LogP contribution < -0.4 is 0 Å². The van der Waals surface area contributed by atoms with Crippen LogP contribution in [0.1, 0.15) is 25.3 Å². The predicted octanol–water partition coefficient (Wildman–Crippen LogP) is 3.63. The molecule has 6 heteroatoms. The second-order valence-electron chi connectivity index (χ2n) is 4.43. The highest BCUT2D eigenvalue weighted by Gasteiger charge is 2.09. The lowest BCUT2D eigenvalue weighted by molar-refractivity contribution is 0.755. The molecule has 0 fully saturated rings. The van der Waals surface area contributed by atoms with Crippen molar-refractivity contribution >= 4 is 23.4 Å². The molecule has 0 saturated carbocycles. The van der Waals surface area contributed by atoms with Gasteiger partial charge in [-0.3, -0.25) is 0 Å². The summed E-state index contributed by atoms with van der Waals surface area (Å²) in [6.07, 6.45) is 0. The number of hydrogen-bond acceptors (Lipinski definition) is 4. The maximum absolute atomic E-state index is 5.76. The Morgan fingerprint density at radius 2 is 2.05 bits per heavy atom. The van der Waals surface area contributed by atoms with E-state index in [1.165, 1.54) is 17.3 Å². The highest BCUT2D eigenvalue weighted by Crippen LogP contribution is 2.22. The molecule has 0 bridgehead atoms. The summed E-state index contributed by atoms with van der Waals surface area (Å²) in [5.74, 6) is 1.10. The Kier molecular flexibility index (Phi) is 4.61. The molecule has 0 amide bonds. The molecule has 4 nitrogen and oxygen atoms in total. The van der Waals surface area contributed by atoms with Crippen LogP contribution >= 0.6 is 23.4 Å². The maximum Gasteiger partial charge on any atom is 0.214 e. The smallest absolute Gasteiger partial charge is 0.188 e. The van der Waals surface area contributed by atoms with E-state index in [9.17, 15) is 0 Å². The fourth-order valence-corrected chi connectivity index (χ4v) is 2.38. The van der Waals surface area contributed by atoms with Gasteiger partial charge in [-0.25, -0.2) is 0 Å². The van der Waals surface area contributed by atoms with Crippen molar-refractivity contribution in [1.29, 1.82) is 0 Å². The van der Waals surface area contributed by atoms with Gasteiger partial charge in [-0.2, -0.15) is 4.68 Å². The summed E-state index contributed by atoms with van der Waals surface area (Å²) in [7, 11) is 0. The van der Waals surface area contributed by atoms with Crippen molar-refractivity contribution < 1.29 is 0 Å². The molecule has 2 rings (SSSR count). The summed E-state index contributed by atoms with van der Waals surface area (Å²) in [5, 5.41) is 13.0. The SMILES string of the molecule is C=C(Cl)CSc1nnnn1-c1ccc(C(C)C)cc1. The number of tetrazole rings is 1. The average Bonchev–Trinajstić information content (AvgIpc) is 2.84. The molecule has 19 heavy (non-hydrogen) atoms. The highest BCUT2D eigenvalue weighted by molar-refractivity contribution is 7.99. The normalized spacial score (nSPS) is 10.9. The molecule has 1 aromatic carbocycles. The molecule has 1 heterocycles. The lowest BCUT2D eigenvalue weighted by Gasteiger charge is -2.07. The van der Waals surface area contributed by atoms with E-state index in [0.717, 1.165) is 5.69 Å². The molecule has 100 valence electrons. The van der Waals surface area contributed by atoms with E-state index in [1.54, 1.807) is 4.68 Å². The quantitative estimate of drug-likeness (QED) is 0.790. The van der Waals surface area contributed by atoms with Crippen molar-refractivity contribution in [2.75, 3.05) is 5.75 Å². The van der Waals surface area contributed by atoms with Crippen LogP contribution in [-0.4, -0.2) is 26.0 Å². The highest BCUT2D eigenvalue weighted by atomic mass is 35.5. The van der Waals surface area contributed by atoms with Crippen LogP contribution in [0.25, 0.3) is 5.69 Å². The first kappa shape index (κ1) is 14.1. The van der Waals surface area contributed by atoms with Gasteiger partial charge in [-0.05, 0) is 34.0 Å². The molecule has 0 N–H and O–H groups in total. The van der Waals surface area contributed by atoms with Gasteiger partial charge >= 0.3 is 0 Å². The first-order valence-electron chi connectivity index (χ1n) is 5.92. The number of nitrogens with zero attached hydrogens (tertiary/aromatic N) is 4. The number of rotatable bonds is 5. The van der Waals surface area contributed by atoms with Crippen molar-refractivity contribution in [3.8, 4) is 5.69 Å². The van der Waals surface area contributed by atoms with E-state index in [2.05, 4.69) is 48.1 Å². The third kappa shape index (κ3) is 3.58. The van der Waals surface area contributed by atoms with Gasteiger partial charge in [0.25, 0.3) is 0 Å². The zero-order valence-electron chi connectivity index (χ0n) is 10.9.